The van der Waals surface area contributed by atoms with Gasteiger partial charge in [-0.15, -0.1) is 0 Å². The summed E-state index contributed by atoms with van der Waals surface area (Å²) in [6, 6.07) is 7.72. The van der Waals surface area contributed by atoms with Crippen LogP contribution in [-0.2, 0) is 4.79 Å². The lowest BCUT2D eigenvalue weighted by Crippen LogP contribution is -2.34. The van der Waals surface area contributed by atoms with E-state index in [2.05, 4.69) is 4.98 Å². The number of aromatic nitrogens is 1. The van der Waals surface area contributed by atoms with Gasteiger partial charge in [-0.05, 0) is 26.0 Å². The first-order valence-electron chi connectivity index (χ1n) is 5.60. The molecule has 0 saturated heterocycles. The number of hydrazine groups is 1. The predicted octanol–water partition coefficient (Wildman–Crippen LogP) is 1.22. The Morgan fingerprint density at radius 2 is 2.17 bits per heavy atom. The van der Waals surface area contributed by atoms with Gasteiger partial charge in [0.25, 0.3) is 5.91 Å². The van der Waals surface area contributed by atoms with E-state index in [1.54, 1.807) is 0 Å². The molecule has 94 valence electrons. The molecule has 1 amide bonds. The van der Waals surface area contributed by atoms with Gasteiger partial charge in [-0.1, -0.05) is 11.6 Å². The third-order valence-electron chi connectivity index (χ3n) is 2.57. The second kappa shape index (κ2) is 5.01. The maximum absolute atomic E-state index is 11.1. The van der Waals surface area contributed by atoms with Crippen LogP contribution in [0.4, 0.5) is 0 Å². The molecule has 5 nitrogen and oxygen atoms in total. The Morgan fingerprint density at radius 3 is 2.89 bits per heavy atom. The lowest BCUT2D eigenvalue weighted by Gasteiger charge is -2.10. The highest BCUT2D eigenvalue weighted by molar-refractivity contribution is 5.86. The fourth-order valence-corrected chi connectivity index (χ4v) is 1.74. The number of nitrogens with one attached hydrogen (secondary N) is 1. The molecule has 0 unspecified atom stereocenters. The standard InChI is InChI=1S/C13H15N3O2/c1-8-3-4-11-10(5-8)12(6-9(2)15-11)18-7-13(17)16-14/h3-6H,7,14H2,1-2H3,(H,16,17). The van der Waals surface area contributed by atoms with Crippen molar-refractivity contribution in [3.05, 3.63) is 35.5 Å². The van der Waals surface area contributed by atoms with Crippen molar-refractivity contribution in [2.75, 3.05) is 6.61 Å². The highest BCUT2D eigenvalue weighted by Gasteiger charge is 2.07. The van der Waals surface area contributed by atoms with Gasteiger partial charge in [-0.3, -0.25) is 15.2 Å². The van der Waals surface area contributed by atoms with E-state index in [-0.39, 0.29) is 12.5 Å². The van der Waals surface area contributed by atoms with E-state index in [0.717, 1.165) is 22.2 Å². The maximum atomic E-state index is 11.1. The number of carbonyl (C=O) groups excluding carboxylic acids is 1. The molecule has 3 N–H and O–H groups in total. The molecule has 2 aromatic rings. The van der Waals surface area contributed by atoms with Crippen molar-refractivity contribution in [2.45, 2.75) is 13.8 Å². The van der Waals surface area contributed by atoms with Crippen molar-refractivity contribution in [2.24, 2.45) is 5.84 Å². The van der Waals surface area contributed by atoms with E-state index in [4.69, 9.17) is 10.6 Å². The number of rotatable bonds is 3. The summed E-state index contributed by atoms with van der Waals surface area (Å²) in [5, 5.41) is 0.894. The Hall–Kier alpha value is -2.14. The maximum Gasteiger partial charge on any atom is 0.271 e. The molecule has 1 aromatic heterocycles. The summed E-state index contributed by atoms with van der Waals surface area (Å²) in [4.78, 5) is 15.5. The van der Waals surface area contributed by atoms with E-state index in [0.29, 0.717) is 5.75 Å². The van der Waals surface area contributed by atoms with Gasteiger partial charge in [0, 0.05) is 17.1 Å². The van der Waals surface area contributed by atoms with Gasteiger partial charge in [-0.2, -0.15) is 0 Å². The Morgan fingerprint density at radius 1 is 1.39 bits per heavy atom. The molecule has 1 aromatic carbocycles. The molecule has 0 radical (unpaired) electrons. The summed E-state index contributed by atoms with van der Waals surface area (Å²) >= 11 is 0. The number of pyridine rings is 1. The number of hydrogen-bond donors (Lipinski definition) is 2. The summed E-state index contributed by atoms with van der Waals surface area (Å²) < 4.78 is 5.48. The van der Waals surface area contributed by atoms with Gasteiger partial charge < -0.3 is 4.74 Å². The molecule has 5 heteroatoms. The number of hydrogen-bond acceptors (Lipinski definition) is 4. The molecule has 1 heterocycles. The Bertz CT molecular complexity index is 596. The third-order valence-corrected chi connectivity index (χ3v) is 2.57. The fourth-order valence-electron chi connectivity index (χ4n) is 1.74. The largest absolute Gasteiger partial charge is 0.483 e. The molecule has 0 fully saturated rings. The zero-order valence-electron chi connectivity index (χ0n) is 10.4. The predicted molar refractivity (Wildman–Crippen MR) is 69.0 cm³/mol. The number of nitrogens with two attached hydrogens (primary N) is 1. The van der Waals surface area contributed by atoms with Gasteiger partial charge in [-0.25, -0.2) is 5.84 Å². The van der Waals surface area contributed by atoms with Gasteiger partial charge in [0.1, 0.15) is 5.75 Å². The van der Waals surface area contributed by atoms with Crippen LogP contribution >= 0.6 is 0 Å². The van der Waals surface area contributed by atoms with Gasteiger partial charge in [0.2, 0.25) is 0 Å². The lowest BCUT2D eigenvalue weighted by molar-refractivity contribution is -0.123. The highest BCUT2D eigenvalue weighted by Crippen LogP contribution is 2.26. The first kappa shape index (κ1) is 12.3. The molecule has 0 aliphatic heterocycles. The third kappa shape index (κ3) is 2.57. The quantitative estimate of drug-likeness (QED) is 0.484. The monoisotopic (exact) mass is 245 g/mol. The van der Waals surface area contributed by atoms with Crippen LogP contribution in [0.15, 0.2) is 24.3 Å². The number of benzene rings is 1. The molecular weight excluding hydrogens is 230 g/mol. The molecule has 0 aliphatic carbocycles. The highest BCUT2D eigenvalue weighted by atomic mass is 16.5. The number of ether oxygens (including phenoxy) is 1. The molecule has 0 atom stereocenters. The van der Waals surface area contributed by atoms with Crippen molar-refractivity contribution in [1.82, 2.24) is 10.4 Å². The number of amides is 1. The van der Waals surface area contributed by atoms with Crippen molar-refractivity contribution < 1.29 is 9.53 Å². The van der Waals surface area contributed by atoms with E-state index in [1.165, 1.54) is 0 Å². The second-order valence-corrected chi connectivity index (χ2v) is 4.14. The first-order valence-corrected chi connectivity index (χ1v) is 5.60. The van der Waals surface area contributed by atoms with E-state index < -0.39 is 0 Å². The molecular formula is C13H15N3O2. The first-order chi connectivity index (χ1) is 8.60. The van der Waals surface area contributed by atoms with Crippen molar-refractivity contribution in [3.8, 4) is 5.75 Å². The second-order valence-electron chi connectivity index (χ2n) is 4.14. The fraction of sp³-hybridized carbons (Fsp3) is 0.231. The normalized spacial score (nSPS) is 10.4. The van der Waals surface area contributed by atoms with Crippen LogP contribution in [0.25, 0.3) is 10.9 Å². The van der Waals surface area contributed by atoms with Crippen LogP contribution in [-0.4, -0.2) is 17.5 Å². The minimum absolute atomic E-state index is 0.108. The van der Waals surface area contributed by atoms with Crippen molar-refractivity contribution >= 4 is 16.8 Å². The van der Waals surface area contributed by atoms with Crippen LogP contribution in [0.5, 0.6) is 5.75 Å². The Kier molecular flexibility index (Phi) is 3.43. The summed E-state index contributed by atoms with van der Waals surface area (Å²) in [6.45, 7) is 3.77. The molecule has 0 bridgehead atoms. The number of carbonyl (C=O) groups is 1. The van der Waals surface area contributed by atoms with Gasteiger partial charge in [0.15, 0.2) is 6.61 Å². The van der Waals surface area contributed by atoms with Crippen molar-refractivity contribution in [3.63, 3.8) is 0 Å². The van der Waals surface area contributed by atoms with Crippen LogP contribution in [0.1, 0.15) is 11.3 Å². The Balaban J connectivity index is 2.41. The summed E-state index contributed by atoms with van der Waals surface area (Å²) in [5.41, 5.74) is 4.83. The number of nitrogens with zero attached hydrogens (tertiary/aromatic N) is 1. The van der Waals surface area contributed by atoms with Crippen LogP contribution in [0.2, 0.25) is 0 Å². The van der Waals surface area contributed by atoms with Crippen molar-refractivity contribution in [1.29, 1.82) is 0 Å². The molecule has 2 rings (SSSR count). The van der Waals surface area contributed by atoms with E-state index in [1.807, 2.05) is 43.5 Å². The minimum atomic E-state index is -0.370. The average molecular weight is 245 g/mol. The average Bonchev–Trinajstić information content (AvgIpc) is 2.36. The molecule has 0 saturated carbocycles. The number of aryl methyl sites for hydroxylation is 2. The minimum Gasteiger partial charge on any atom is -0.483 e. The summed E-state index contributed by atoms with van der Waals surface area (Å²) in [5.74, 6) is 5.28. The SMILES string of the molecule is Cc1ccc2nc(C)cc(OCC(=O)NN)c2c1. The van der Waals surface area contributed by atoms with Crippen LogP contribution < -0.4 is 16.0 Å². The van der Waals surface area contributed by atoms with Gasteiger partial charge in [0.05, 0.1) is 5.52 Å². The lowest BCUT2D eigenvalue weighted by atomic mass is 10.1. The van der Waals surface area contributed by atoms with Gasteiger partial charge >= 0.3 is 0 Å². The zero-order valence-corrected chi connectivity index (χ0v) is 10.4. The smallest absolute Gasteiger partial charge is 0.271 e. The molecule has 0 aliphatic rings. The topological polar surface area (TPSA) is 77.2 Å². The van der Waals surface area contributed by atoms with Crippen LogP contribution in [0.3, 0.4) is 0 Å². The molecule has 0 spiro atoms. The summed E-state index contributed by atoms with van der Waals surface area (Å²) in [7, 11) is 0. The van der Waals surface area contributed by atoms with Crippen LogP contribution in [0, 0.1) is 13.8 Å². The van der Waals surface area contributed by atoms with E-state index >= 15 is 0 Å². The Labute approximate surface area is 105 Å². The summed E-state index contributed by atoms with van der Waals surface area (Å²) in [6.07, 6.45) is 0. The number of fused-ring (bicyclic) bond motifs is 1. The molecule has 18 heavy (non-hydrogen) atoms. The zero-order chi connectivity index (χ0) is 13.1. The van der Waals surface area contributed by atoms with E-state index in [9.17, 15) is 4.79 Å².